The van der Waals surface area contributed by atoms with Gasteiger partial charge >= 0.3 is 12.2 Å². The van der Waals surface area contributed by atoms with E-state index in [1.807, 2.05) is 20.0 Å². The molecule has 0 radical (unpaired) electrons. The van der Waals surface area contributed by atoms with Gasteiger partial charge in [0.15, 0.2) is 0 Å². The molecule has 3 amide bonds. The minimum absolute atomic E-state index is 0.0366. The van der Waals surface area contributed by atoms with Crippen LogP contribution in [0.5, 0.6) is 0 Å². The summed E-state index contributed by atoms with van der Waals surface area (Å²) in [5.74, 6) is 2.39. The Morgan fingerprint density at radius 2 is 1.48 bits per heavy atom. The SMILES string of the molecule is COC(=O)N[C@@H](C(C)C)C(C)N1CCCC1c1ncc(-c2ccc(C3CCC(c4coc(C5CCCN5C(=O)[C@@H](NC(=O)OC)C(C)C)n4)CC3)cc2)[nH]1. The minimum Gasteiger partial charge on any atom is -0.453 e. The average Bonchev–Trinajstić information content (AvgIpc) is 4.02. The number of amides is 3. The molecule has 1 aliphatic carbocycles. The second-order valence-electron chi connectivity index (χ2n) is 16.1. The molecule has 0 spiro atoms. The van der Waals surface area contributed by atoms with Gasteiger partial charge in [-0.2, -0.15) is 0 Å². The molecule has 3 N–H and O–H groups in total. The zero-order valence-electron chi connectivity index (χ0n) is 33.0. The summed E-state index contributed by atoms with van der Waals surface area (Å²) in [5.41, 5.74) is 4.45. The normalized spacial score (nSPS) is 23.7. The minimum atomic E-state index is -0.673. The number of nitrogens with one attached hydrogen (secondary N) is 3. The molecule has 2 aliphatic heterocycles. The lowest BCUT2D eigenvalue weighted by molar-refractivity contribution is -0.135. The van der Waals surface area contributed by atoms with Gasteiger partial charge in [-0.1, -0.05) is 52.0 Å². The summed E-state index contributed by atoms with van der Waals surface area (Å²) < 4.78 is 15.7. The third kappa shape index (κ3) is 8.61. The molecule has 3 aromatic rings. The quantitative estimate of drug-likeness (QED) is 0.171. The van der Waals surface area contributed by atoms with Crippen LogP contribution in [-0.4, -0.2) is 88.3 Å². The first-order valence-corrected chi connectivity index (χ1v) is 19.8. The van der Waals surface area contributed by atoms with Crippen LogP contribution in [0.3, 0.4) is 0 Å². The summed E-state index contributed by atoms with van der Waals surface area (Å²) in [4.78, 5) is 55.2. The number of benzene rings is 1. The second-order valence-corrected chi connectivity index (χ2v) is 16.1. The molecule has 1 saturated carbocycles. The number of carbonyl (C=O) groups excluding carboxylic acids is 3. The van der Waals surface area contributed by atoms with Crippen LogP contribution < -0.4 is 10.6 Å². The monoisotopic (exact) mass is 745 g/mol. The first kappa shape index (κ1) is 39.3. The number of oxazole rings is 1. The van der Waals surface area contributed by atoms with Crippen molar-refractivity contribution in [3.05, 3.63) is 59.7 Å². The number of aromatic amines is 1. The Hall–Kier alpha value is -4.39. The van der Waals surface area contributed by atoms with Gasteiger partial charge < -0.3 is 34.4 Å². The van der Waals surface area contributed by atoms with Gasteiger partial charge in [-0.25, -0.2) is 19.6 Å². The molecule has 6 rings (SSSR count). The fourth-order valence-electron chi connectivity index (χ4n) is 8.93. The van der Waals surface area contributed by atoms with Crippen molar-refractivity contribution in [2.75, 3.05) is 27.3 Å². The van der Waals surface area contributed by atoms with Crippen molar-refractivity contribution in [3.63, 3.8) is 0 Å². The largest absolute Gasteiger partial charge is 0.453 e. The van der Waals surface area contributed by atoms with Crippen LogP contribution in [0.25, 0.3) is 11.3 Å². The highest BCUT2D eigenvalue weighted by Gasteiger charge is 2.39. The number of carbonyl (C=O) groups is 3. The van der Waals surface area contributed by atoms with Crippen LogP contribution in [0, 0.1) is 11.8 Å². The standard InChI is InChI=1S/C41H59N7O6/c1-24(2)35(45-40(50)52-6)26(5)47-20-8-10-33(47)37-42-22-31(43-37)29-16-12-27(13-17-29)28-14-18-30(19-15-28)32-23-54-38(44-32)34-11-9-21-48(34)39(49)36(25(3)4)46-41(51)53-7/h12-13,16-17,22-26,28,30,33-36H,8-11,14-15,18-21H2,1-7H3,(H,42,43)(H,45,50)(H,46,51)/t26?,28?,30?,33?,34?,35-,36-/m0/s1. The van der Waals surface area contributed by atoms with Crippen molar-refractivity contribution in [1.29, 1.82) is 0 Å². The van der Waals surface area contributed by atoms with E-state index in [4.69, 9.17) is 23.9 Å². The number of imidazole rings is 1. The summed E-state index contributed by atoms with van der Waals surface area (Å²) >= 11 is 0. The molecule has 294 valence electrons. The summed E-state index contributed by atoms with van der Waals surface area (Å²) in [6, 6.07) is 8.26. The molecule has 4 heterocycles. The van der Waals surface area contributed by atoms with E-state index in [9.17, 15) is 14.4 Å². The molecule has 13 nitrogen and oxygen atoms in total. The zero-order chi connectivity index (χ0) is 38.5. The lowest BCUT2D eigenvalue weighted by Gasteiger charge is -2.37. The number of likely N-dealkylation sites (tertiary alicyclic amines) is 2. The number of hydrogen-bond acceptors (Lipinski definition) is 9. The lowest BCUT2D eigenvalue weighted by atomic mass is 9.77. The van der Waals surface area contributed by atoms with Crippen molar-refractivity contribution in [2.45, 2.75) is 128 Å². The van der Waals surface area contributed by atoms with E-state index in [2.05, 4.69) is 65.6 Å². The number of aromatic nitrogens is 3. The first-order valence-electron chi connectivity index (χ1n) is 19.8. The van der Waals surface area contributed by atoms with Gasteiger partial charge in [0.2, 0.25) is 11.8 Å². The van der Waals surface area contributed by atoms with Crippen molar-refractivity contribution < 1.29 is 28.3 Å². The lowest BCUT2D eigenvalue weighted by Crippen LogP contribution is -2.52. The molecule has 3 fully saturated rings. The number of nitrogens with zero attached hydrogens (tertiary/aromatic N) is 4. The van der Waals surface area contributed by atoms with Gasteiger partial charge in [-0.15, -0.1) is 0 Å². The predicted molar refractivity (Wildman–Crippen MR) is 205 cm³/mol. The van der Waals surface area contributed by atoms with E-state index >= 15 is 0 Å². The zero-order valence-corrected chi connectivity index (χ0v) is 33.0. The van der Waals surface area contributed by atoms with Crippen LogP contribution >= 0.6 is 0 Å². The van der Waals surface area contributed by atoms with Gasteiger partial charge in [0, 0.05) is 24.5 Å². The van der Waals surface area contributed by atoms with Crippen molar-refractivity contribution in [1.82, 2.24) is 35.4 Å². The molecule has 54 heavy (non-hydrogen) atoms. The van der Waals surface area contributed by atoms with Gasteiger partial charge in [-0.05, 0) is 93.7 Å². The molecule has 2 aromatic heterocycles. The Labute approximate surface area is 319 Å². The highest BCUT2D eigenvalue weighted by molar-refractivity contribution is 5.86. The number of methoxy groups -OCH3 is 2. The summed E-state index contributed by atoms with van der Waals surface area (Å²) in [6.07, 6.45) is 10.7. The van der Waals surface area contributed by atoms with Crippen LogP contribution in [0.1, 0.15) is 133 Å². The molecular formula is C41H59N7O6. The van der Waals surface area contributed by atoms with Crippen LogP contribution in [-0.2, 0) is 14.3 Å². The smallest absolute Gasteiger partial charge is 0.407 e. The maximum absolute atomic E-state index is 13.5. The Balaban J connectivity index is 1.04. The Morgan fingerprint density at radius 3 is 2.15 bits per heavy atom. The summed E-state index contributed by atoms with van der Waals surface area (Å²) in [7, 11) is 2.71. The van der Waals surface area contributed by atoms with E-state index in [-0.39, 0.29) is 41.9 Å². The van der Waals surface area contributed by atoms with Gasteiger partial charge in [0.05, 0.1) is 37.8 Å². The number of alkyl carbamates (subject to hydrolysis) is 2. The summed E-state index contributed by atoms with van der Waals surface area (Å²) in [5, 5.41) is 5.76. The van der Waals surface area contributed by atoms with Crippen molar-refractivity contribution in [2.24, 2.45) is 11.8 Å². The van der Waals surface area contributed by atoms with E-state index in [1.165, 1.54) is 19.8 Å². The van der Waals surface area contributed by atoms with Crippen LogP contribution in [0.2, 0.25) is 0 Å². The van der Waals surface area contributed by atoms with Gasteiger partial charge in [-0.3, -0.25) is 9.69 Å². The topological polar surface area (TPSA) is 155 Å². The highest BCUT2D eigenvalue weighted by Crippen LogP contribution is 2.42. The Morgan fingerprint density at radius 1 is 0.833 bits per heavy atom. The maximum Gasteiger partial charge on any atom is 0.407 e. The number of rotatable bonds is 12. The van der Waals surface area contributed by atoms with Crippen molar-refractivity contribution in [3.8, 4) is 11.3 Å². The molecule has 3 unspecified atom stereocenters. The molecule has 2 saturated heterocycles. The van der Waals surface area contributed by atoms with Crippen LogP contribution in [0.15, 0.2) is 41.1 Å². The Bertz CT molecular complexity index is 1710. The maximum atomic E-state index is 13.5. The van der Waals surface area contributed by atoms with Gasteiger partial charge in [0.25, 0.3) is 0 Å². The van der Waals surface area contributed by atoms with E-state index in [0.29, 0.717) is 24.3 Å². The van der Waals surface area contributed by atoms with Crippen molar-refractivity contribution >= 4 is 18.1 Å². The highest BCUT2D eigenvalue weighted by atomic mass is 16.5. The van der Waals surface area contributed by atoms with E-state index in [1.54, 1.807) is 11.2 Å². The molecule has 3 aliphatic rings. The van der Waals surface area contributed by atoms with E-state index in [0.717, 1.165) is 80.7 Å². The van der Waals surface area contributed by atoms with Crippen LogP contribution in [0.4, 0.5) is 9.59 Å². The molecule has 5 atom stereocenters. The fourth-order valence-corrected chi connectivity index (χ4v) is 8.93. The predicted octanol–water partition coefficient (Wildman–Crippen LogP) is 7.46. The first-order chi connectivity index (χ1) is 26.0. The number of H-pyrrole nitrogens is 1. The second kappa shape index (κ2) is 17.4. The number of hydrogen-bond donors (Lipinski definition) is 3. The third-order valence-electron chi connectivity index (χ3n) is 12.0. The molecule has 13 heteroatoms. The molecule has 1 aromatic carbocycles. The Kier molecular flexibility index (Phi) is 12.7. The molecule has 0 bridgehead atoms. The third-order valence-corrected chi connectivity index (χ3v) is 12.0. The summed E-state index contributed by atoms with van der Waals surface area (Å²) in [6.45, 7) is 11.8. The van der Waals surface area contributed by atoms with E-state index < -0.39 is 18.2 Å². The molecular weight excluding hydrogens is 686 g/mol. The van der Waals surface area contributed by atoms with Gasteiger partial charge in [0.1, 0.15) is 24.2 Å². The fraction of sp³-hybridized carbons (Fsp3) is 0.634. The average molecular weight is 746 g/mol. The number of ether oxygens (including phenoxy) is 2.